The Labute approximate surface area is 314 Å². The summed E-state index contributed by atoms with van der Waals surface area (Å²) >= 11 is 29.2. The standard InChI is InChI=1S/C18H21NOS.C15H15NOS.4CH3Cl/c1-2-18(11-7-4-8-12-18)17(20)19-14-16(21)13-15-9-5-3-6-10-15;1-2-15(8-9-15)14(17)16-11-13(18)10-12-6-4-3-5-7-12;4*1-2/h1,3,5-6,9-10H,4,7-8,11-14H2,(H,19,20);1,3-7H,8-11H2,(H,16,17);4*1H3. The number of amides is 2. The summed E-state index contributed by atoms with van der Waals surface area (Å²) in [6, 6.07) is 20.0. The molecule has 0 saturated heterocycles. The molecule has 10 heteroatoms. The van der Waals surface area contributed by atoms with Gasteiger partial charge in [0.25, 0.3) is 0 Å². The number of terminal acetylenes is 2. The van der Waals surface area contributed by atoms with E-state index in [1.807, 2.05) is 60.7 Å². The lowest BCUT2D eigenvalue weighted by Crippen LogP contribution is -2.43. The molecule has 2 aromatic carbocycles. The van der Waals surface area contributed by atoms with Crippen LogP contribution in [-0.4, -0.2) is 60.2 Å². The molecule has 0 bridgehead atoms. The second kappa shape index (κ2) is 28.8. The van der Waals surface area contributed by atoms with Crippen LogP contribution in [0.15, 0.2) is 60.7 Å². The molecule has 4 nitrogen and oxygen atoms in total. The van der Waals surface area contributed by atoms with E-state index in [2.05, 4.69) is 68.9 Å². The molecule has 2 aliphatic rings. The molecule has 0 aliphatic heterocycles. The molecule has 2 saturated carbocycles. The Morgan fingerprint density at radius 1 is 0.617 bits per heavy atom. The van der Waals surface area contributed by atoms with E-state index in [0.29, 0.717) is 25.9 Å². The highest BCUT2D eigenvalue weighted by Gasteiger charge is 2.48. The Kier molecular flexibility index (Phi) is 28.8. The van der Waals surface area contributed by atoms with E-state index in [4.69, 9.17) is 37.3 Å². The van der Waals surface area contributed by atoms with Crippen molar-refractivity contribution < 1.29 is 9.59 Å². The van der Waals surface area contributed by atoms with Crippen molar-refractivity contribution in [3.63, 3.8) is 0 Å². The largest absolute Gasteiger partial charge is 0.350 e. The number of hydrogen-bond acceptors (Lipinski definition) is 4. The lowest BCUT2D eigenvalue weighted by molar-refractivity contribution is -0.129. The maximum atomic E-state index is 12.4. The average molecular weight is 759 g/mol. The molecule has 2 aliphatic carbocycles. The van der Waals surface area contributed by atoms with Crippen molar-refractivity contribution in [2.45, 2.75) is 57.8 Å². The highest BCUT2D eigenvalue weighted by molar-refractivity contribution is 7.80. The van der Waals surface area contributed by atoms with Crippen molar-refractivity contribution in [3.05, 3.63) is 71.8 Å². The molecular weight excluding hydrogens is 710 g/mol. The minimum atomic E-state index is -0.611. The average Bonchev–Trinajstić information content (AvgIpc) is 3.96. The minimum Gasteiger partial charge on any atom is -0.350 e. The van der Waals surface area contributed by atoms with Crippen LogP contribution in [0.1, 0.15) is 56.1 Å². The number of rotatable bonds is 10. The van der Waals surface area contributed by atoms with Crippen molar-refractivity contribution in [2.24, 2.45) is 10.8 Å². The molecular formula is C37H48Cl4N2O2S2. The van der Waals surface area contributed by atoms with Crippen molar-refractivity contribution in [2.75, 3.05) is 38.6 Å². The molecule has 0 spiro atoms. The van der Waals surface area contributed by atoms with Gasteiger partial charge in [-0.2, -0.15) is 0 Å². The second-order valence-corrected chi connectivity index (χ2v) is 11.4. The van der Waals surface area contributed by atoms with Gasteiger partial charge in [0.2, 0.25) is 11.8 Å². The predicted molar refractivity (Wildman–Crippen MR) is 213 cm³/mol. The van der Waals surface area contributed by atoms with Crippen LogP contribution in [0.4, 0.5) is 0 Å². The van der Waals surface area contributed by atoms with Gasteiger partial charge in [-0.25, -0.2) is 0 Å². The molecule has 2 fully saturated rings. The van der Waals surface area contributed by atoms with Gasteiger partial charge in [-0.3, -0.25) is 9.59 Å². The van der Waals surface area contributed by atoms with Crippen LogP contribution in [0, 0.1) is 35.5 Å². The van der Waals surface area contributed by atoms with Crippen LogP contribution >= 0.6 is 70.8 Å². The third kappa shape index (κ3) is 18.3. The van der Waals surface area contributed by atoms with E-state index >= 15 is 0 Å². The monoisotopic (exact) mass is 756 g/mol. The summed E-state index contributed by atoms with van der Waals surface area (Å²) in [4.78, 5) is 25.8. The number of nitrogens with one attached hydrogen (secondary N) is 2. The van der Waals surface area contributed by atoms with E-state index in [0.717, 1.165) is 53.8 Å². The van der Waals surface area contributed by atoms with Crippen molar-refractivity contribution in [3.8, 4) is 24.7 Å². The summed E-state index contributed by atoms with van der Waals surface area (Å²) < 4.78 is 0. The smallest absolute Gasteiger partial charge is 0.238 e. The number of thiocarbonyl (C=S) groups is 2. The Balaban J connectivity index is 0. The molecule has 2 aromatic rings. The van der Waals surface area contributed by atoms with Gasteiger partial charge in [0.15, 0.2) is 0 Å². The second-order valence-electron chi connectivity index (χ2n) is 10.3. The maximum absolute atomic E-state index is 12.4. The third-order valence-electron chi connectivity index (χ3n) is 7.26. The van der Waals surface area contributed by atoms with Gasteiger partial charge in [0.1, 0.15) is 10.8 Å². The fourth-order valence-electron chi connectivity index (χ4n) is 4.62. The predicted octanol–water partition coefficient (Wildman–Crippen LogP) is 8.85. The molecule has 4 rings (SSSR count). The first-order chi connectivity index (χ1) is 22.8. The molecule has 47 heavy (non-hydrogen) atoms. The van der Waals surface area contributed by atoms with Crippen LogP contribution in [-0.2, 0) is 22.4 Å². The van der Waals surface area contributed by atoms with E-state index in [9.17, 15) is 9.59 Å². The maximum Gasteiger partial charge on any atom is 0.238 e. The van der Waals surface area contributed by atoms with E-state index in [-0.39, 0.29) is 11.8 Å². The highest BCUT2D eigenvalue weighted by Crippen LogP contribution is 2.44. The topological polar surface area (TPSA) is 58.2 Å². The van der Waals surface area contributed by atoms with Gasteiger partial charge in [-0.15, -0.1) is 59.3 Å². The summed E-state index contributed by atoms with van der Waals surface area (Å²) in [6.45, 7) is 0.846. The zero-order chi connectivity index (χ0) is 36.1. The SMILES string of the molecule is C#CC1(C(=O)NCC(=S)Cc2ccccc2)CC1.C#CC1(C(=O)NCC(=S)Cc2ccccc2)CCCCC1.CCl.CCl.CCl.CCl. The van der Waals surface area contributed by atoms with Gasteiger partial charge in [0, 0.05) is 61.2 Å². The van der Waals surface area contributed by atoms with Gasteiger partial charge in [-0.1, -0.05) is 116 Å². The lowest BCUT2D eigenvalue weighted by atomic mass is 9.74. The van der Waals surface area contributed by atoms with Crippen molar-refractivity contribution in [1.82, 2.24) is 10.6 Å². The first-order valence-electron chi connectivity index (χ1n) is 15.0. The minimum absolute atomic E-state index is 0.0277. The number of carbonyl (C=O) groups excluding carboxylic acids is 2. The Morgan fingerprint density at radius 2 is 0.936 bits per heavy atom. The zero-order valence-electron chi connectivity index (χ0n) is 27.9. The Morgan fingerprint density at radius 3 is 1.23 bits per heavy atom. The van der Waals surface area contributed by atoms with Crippen molar-refractivity contribution >= 4 is 92.4 Å². The molecule has 0 unspecified atom stereocenters. The van der Waals surface area contributed by atoms with Gasteiger partial charge >= 0.3 is 0 Å². The summed E-state index contributed by atoms with van der Waals surface area (Å²) in [5, 5.41) is 5.78. The van der Waals surface area contributed by atoms with Gasteiger partial charge in [-0.05, 0) is 36.8 Å². The van der Waals surface area contributed by atoms with Crippen LogP contribution in [0.25, 0.3) is 0 Å². The van der Waals surface area contributed by atoms with Crippen LogP contribution in [0.2, 0.25) is 0 Å². The summed E-state index contributed by atoms with van der Waals surface area (Å²) in [6.07, 6.45) is 24.7. The quantitative estimate of drug-likeness (QED) is 0.145. The molecule has 0 heterocycles. The number of halogens is 4. The number of carbonyl (C=O) groups is 2. The van der Waals surface area contributed by atoms with Crippen molar-refractivity contribution in [1.29, 1.82) is 0 Å². The number of benzene rings is 2. The van der Waals surface area contributed by atoms with E-state index < -0.39 is 10.8 Å². The van der Waals surface area contributed by atoms with Crippen LogP contribution < -0.4 is 10.6 Å². The first kappa shape index (κ1) is 47.0. The van der Waals surface area contributed by atoms with Crippen LogP contribution in [0.5, 0.6) is 0 Å². The van der Waals surface area contributed by atoms with Gasteiger partial charge < -0.3 is 10.6 Å². The summed E-state index contributed by atoms with van der Waals surface area (Å²) in [5.41, 5.74) is 1.18. The van der Waals surface area contributed by atoms with Gasteiger partial charge in [0.05, 0.1) is 0 Å². The molecule has 258 valence electrons. The number of hydrogen-bond donors (Lipinski definition) is 2. The molecule has 0 atom stereocenters. The van der Waals surface area contributed by atoms with E-state index in [1.165, 1.54) is 37.5 Å². The van der Waals surface area contributed by atoms with Crippen LogP contribution in [0.3, 0.4) is 0 Å². The Bertz CT molecular complexity index is 1250. The molecule has 2 amide bonds. The normalized spacial score (nSPS) is 13.9. The fourth-order valence-corrected chi connectivity index (χ4v) is 5.10. The zero-order valence-corrected chi connectivity index (χ0v) is 32.5. The molecule has 2 N–H and O–H groups in total. The Hall–Kier alpha value is -2.16. The summed E-state index contributed by atoms with van der Waals surface area (Å²) in [5.74, 6) is 5.22. The fraction of sp³-hybridized carbons (Fsp3) is 0.459. The number of alkyl halides is 4. The molecule has 0 aromatic heterocycles. The molecule has 0 radical (unpaired) electrons. The van der Waals surface area contributed by atoms with E-state index in [1.54, 1.807) is 0 Å². The first-order valence-corrected chi connectivity index (χ1v) is 18.8. The highest BCUT2D eigenvalue weighted by atomic mass is 35.5. The summed E-state index contributed by atoms with van der Waals surface area (Å²) in [7, 11) is 0. The third-order valence-corrected chi connectivity index (χ3v) is 7.84. The lowest BCUT2D eigenvalue weighted by Gasteiger charge is -2.30.